The average Bonchev–Trinajstić information content (AvgIpc) is 3.49. The maximum atomic E-state index is 12.5. The van der Waals surface area contributed by atoms with Gasteiger partial charge in [0.1, 0.15) is 11.6 Å². The molecule has 1 atom stereocenters. The summed E-state index contributed by atoms with van der Waals surface area (Å²) in [6, 6.07) is 18.4. The topological polar surface area (TPSA) is 110 Å². The van der Waals surface area contributed by atoms with Crippen LogP contribution < -0.4 is 5.32 Å². The van der Waals surface area contributed by atoms with Crippen LogP contribution in [0.1, 0.15) is 29.8 Å². The lowest BCUT2D eigenvalue weighted by Crippen LogP contribution is -2.32. The Morgan fingerprint density at radius 1 is 1.22 bits per heavy atom. The van der Waals surface area contributed by atoms with Gasteiger partial charge in [-0.05, 0) is 80.8 Å². The van der Waals surface area contributed by atoms with E-state index in [1.165, 1.54) is 23.9 Å². The van der Waals surface area contributed by atoms with Gasteiger partial charge in [-0.3, -0.25) is 14.9 Å². The third kappa shape index (κ3) is 5.85. The van der Waals surface area contributed by atoms with Gasteiger partial charge in [0.05, 0.1) is 11.0 Å². The molecule has 0 spiro atoms. The molecular weight excluding hydrogens is 476 g/mol. The van der Waals surface area contributed by atoms with Crippen LogP contribution in [0, 0.1) is 35.3 Å². The highest BCUT2D eigenvalue weighted by molar-refractivity contribution is 7.99. The molecule has 1 fully saturated rings. The molecule has 184 valence electrons. The molecule has 0 aliphatic carbocycles. The van der Waals surface area contributed by atoms with E-state index in [1.807, 2.05) is 50.2 Å². The van der Waals surface area contributed by atoms with E-state index >= 15 is 0 Å². The number of hydrogen-bond acceptors (Lipinski definition) is 6. The number of nitro benzene ring substituents is 1. The van der Waals surface area contributed by atoms with Crippen LogP contribution in [0.15, 0.2) is 70.0 Å². The summed E-state index contributed by atoms with van der Waals surface area (Å²) in [5, 5.41) is 23.2. The second-order valence-electron chi connectivity index (χ2n) is 8.52. The number of non-ortho nitro benzene ring substituents is 1. The molecule has 1 aliphatic heterocycles. The van der Waals surface area contributed by atoms with Gasteiger partial charge in [-0.1, -0.05) is 11.8 Å². The van der Waals surface area contributed by atoms with Gasteiger partial charge in [0, 0.05) is 52.2 Å². The summed E-state index contributed by atoms with van der Waals surface area (Å²) in [5.41, 5.74) is 3.79. The fourth-order valence-corrected chi connectivity index (χ4v) is 4.99. The van der Waals surface area contributed by atoms with Gasteiger partial charge in [0.25, 0.3) is 11.6 Å². The molecule has 0 bridgehead atoms. The van der Waals surface area contributed by atoms with E-state index in [-0.39, 0.29) is 17.4 Å². The van der Waals surface area contributed by atoms with Gasteiger partial charge < -0.3 is 14.6 Å². The first-order valence-electron chi connectivity index (χ1n) is 11.6. The Hall–Kier alpha value is -3.87. The van der Waals surface area contributed by atoms with Crippen molar-refractivity contribution in [2.75, 3.05) is 13.2 Å². The zero-order chi connectivity index (χ0) is 25.7. The molecule has 1 aliphatic rings. The van der Waals surface area contributed by atoms with Crippen LogP contribution in [0.2, 0.25) is 0 Å². The molecule has 0 radical (unpaired) electrons. The summed E-state index contributed by atoms with van der Waals surface area (Å²) in [5.74, 6) is -0.398. The minimum atomic E-state index is -0.411. The van der Waals surface area contributed by atoms with E-state index < -0.39 is 10.8 Å². The molecule has 36 heavy (non-hydrogen) atoms. The van der Waals surface area contributed by atoms with Crippen molar-refractivity contribution in [2.45, 2.75) is 42.6 Å². The number of nitrogens with one attached hydrogen (secondary N) is 1. The molecule has 1 N–H and O–H groups in total. The molecule has 2 heterocycles. The molecule has 3 aromatic rings. The second-order valence-corrected chi connectivity index (χ2v) is 9.67. The summed E-state index contributed by atoms with van der Waals surface area (Å²) < 4.78 is 7.61. The zero-order valence-corrected chi connectivity index (χ0v) is 20.9. The van der Waals surface area contributed by atoms with Crippen molar-refractivity contribution in [2.24, 2.45) is 0 Å². The van der Waals surface area contributed by atoms with Gasteiger partial charge in [-0.25, -0.2) is 0 Å². The number of amides is 1. The maximum Gasteiger partial charge on any atom is 0.269 e. The van der Waals surface area contributed by atoms with Crippen molar-refractivity contribution in [3.8, 4) is 11.8 Å². The average molecular weight is 503 g/mol. The monoisotopic (exact) mass is 502 g/mol. The van der Waals surface area contributed by atoms with Crippen molar-refractivity contribution in [1.29, 1.82) is 5.26 Å². The van der Waals surface area contributed by atoms with Gasteiger partial charge in [-0.15, -0.1) is 0 Å². The fraction of sp³-hybridized carbons (Fsp3) is 0.259. The third-order valence-electron chi connectivity index (χ3n) is 6.03. The number of benzene rings is 2. The van der Waals surface area contributed by atoms with Crippen molar-refractivity contribution in [3.05, 3.63) is 87.2 Å². The molecule has 8 nitrogen and oxygen atoms in total. The number of nitriles is 1. The van der Waals surface area contributed by atoms with Crippen LogP contribution in [0.25, 0.3) is 11.8 Å². The van der Waals surface area contributed by atoms with Crippen LogP contribution in [0.4, 0.5) is 5.69 Å². The van der Waals surface area contributed by atoms with Crippen LogP contribution in [-0.4, -0.2) is 34.7 Å². The van der Waals surface area contributed by atoms with E-state index in [0.717, 1.165) is 45.3 Å². The third-order valence-corrected chi connectivity index (χ3v) is 7.04. The molecule has 4 rings (SSSR count). The SMILES string of the molecule is Cc1cc(/C=C(\C#N)C(=O)NC[C@H]2CCCO2)c(C)n1-c1ccc(Sc2ccc([N+](=O)[O-])cc2)cc1. The van der Waals surface area contributed by atoms with E-state index in [4.69, 9.17) is 4.74 Å². The van der Waals surface area contributed by atoms with E-state index in [0.29, 0.717) is 13.2 Å². The number of carbonyl (C=O) groups excluding carboxylic acids is 1. The van der Waals surface area contributed by atoms with E-state index in [9.17, 15) is 20.2 Å². The zero-order valence-electron chi connectivity index (χ0n) is 20.1. The normalized spacial score (nSPS) is 15.5. The summed E-state index contributed by atoms with van der Waals surface area (Å²) in [7, 11) is 0. The quantitative estimate of drug-likeness (QED) is 0.192. The Kier molecular flexibility index (Phi) is 7.88. The smallest absolute Gasteiger partial charge is 0.269 e. The summed E-state index contributed by atoms with van der Waals surface area (Å²) >= 11 is 1.52. The number of hydrogen-bond donors (Lipinski definition) is 1. The lowest BCUT2D eigenvalue weighted by Gasteiger charge is -2.11. The first-order valence-corrected chi connectivity index (χ1v) is 12.4. The molecular formula is C27H26N4O4S. The highest BCUT2D eigenvalue weighted by Crippen LogP contribution is 2.30. The van der Waals surface area contributed by atoms with Gasteiger partial charge >= 0.3 is 0 Å². The number of aryl methyl sites for hydroxylation is 1. The largest absolute Gasteiger partial charge is 0.376 e. The van der Waals surface area contributed by atoms with Crippen molar-refractivity contribution < 1.29 is 14.5 Å². The first kappa shape index (κ1) is 25.2. The Bertz CT molecular complexity index is 1330. The predicted molar refractivity (Wildman–Crippen MR) is 138 cm³/mol. The lowest BCUT2D eigenvalue weighted by molar-refractivity contribution is -0.384. The standard InChI is InChI=1S/C27H26N4O4S/c1-18-14-20(15-21(16-28)27(32)29-17-24-4-3-13-35-24)19(2)30(18)22-5-9-25(10-6-22)36-26-11-7-23(8-12-26)31(33)34/h5-12,14-15,24H,3-4,13,17H2,1-2H3,(H,29,32)/b21-15+/t24-/m1/s1. The van der Waals surface area contributed by atoms with E-state index in [1.54, 1.807) is 18.2 Å². The fourth-order valence-electron chi connectivity index (χ4n) is 4.18. The Balaban J connectivity index is 1.48. The number of carbonyl (C=O) groups is 1. The van der Waals surface area contributed by atoms with Gasteiger partial charge in [0.2, 0.25) is 0 Å². The summed E-state index contributed by atoms with van der Waals surface area (Å²) in [4.78, 5) is 24.9. The van der Waals surface area contributed by atoms with E-state index in [2.05, 4.69) is 9.88 Å². The van der Waals surface area contributed by atoms with Crippen LogP contribution in [0.5, 0.6) is 0 Å². The van der Waals surface area contributed by atoms with Crippen LogP contribution in [-0.2, 0) is 9.53 Å². The number of nitrogens with zero attached hydrogens (tertiary/aromatic N) is 3. The Morgan fingerprint density at radius 3 is 2.47 bits per heavy atom. The number of nitro groups is 1. The van der Waals surface area contributed by atoms with Gasteiger partial charge in [0.15, 0.2) is 0 Å². The Morgan fingerprint density at radius 2 is 1.89 bits per heavy atom. The molecule has 0 unspecified atom stereocenters. The summed E-state index contributed by atoms with van der Waals surface area (Å²) in [6.07, 6.45) is 3.55. The van der Waals surface area contributed by atoms with Crippen molar-refractivity contribution in [3.63, 3.8) is 0 Å². The first-order chi connectivity index (χ1) is 17.4. The minimum Gasteiger partial charge on any atom is -0.376 e. The van der Waals surface area contributed by atoms with Gasteiger partial charge in [-0.2, -0.15) is 5.26 Å². The molecule has 0 saturated carbocycles. The Labute approximate surface area is 213 Å². The van der Waals surface area contributed by atoms with Crippen molar-refractivity contribution in [1.82, 2.24) is 9.88 Å². The highest BCUT2D eigenvalue weighted by Gasteiger charge is 2.18. The lowest BCUT2D eigenvalue weighted by atomic mass is 10.1. The molecule has 2 aromatic carbocycles. The summed E-state index contributed by atoms with van der Waals surface area (Å²) in [6.45, 7) is 5.05. The predicted octanol–water partition coefficient (Wildman–Crippen LogP) is 5.36. The molecule has 9 heteroatoms. The maximum absolute atomic E-state index is 12.5. The molecule has 1 amide bonds. The molecule has 1 aromatic heterocycles. The number of aromatic nitrogens is 1. The van der Waals surface area contributed by atoms with Crippen LogP contribution in [0.3, 0.4) is 0 Å². The van der Waals surface area contributed by atoms with Crippen molar-refractivity contribution >= 4 is 29.4 Å². The minimum absolute atomic E-state index is 0.0144. The number of ether oxygens (including phenoxy) is 1. The number of rotatable bonds is 8. The van der Waals surface area contributed by atoms with Crippen LogP contribution >= 0.6 is 11.8 Å². The second kappa shape index (κ2) is 11.2. The highest BCUT2D eigenvalue weighted by atomic mass is 32.2. The molecule has 1 saturated heterocycles.